The molecule has 0 aromatic rings. The van der Waals surface area contributed by atoms with Gasteiger partial charge in [0.2, 0.25) is 0 Å². The Bertz CT molecular complexity index is 243. The average Bonchev–Trinajstić information content (AvgIpc) is 2.29. The molecule has 1 unspecified atom stereocenters. The Morgan fingerprint density at radius 3 is 3.27 bits per heavy atom. The van der Waals surface area contributed by atoms with Crippen molar-refractivity contribution in [2.75, 3.05) is 20.1 Å². The zero-order chi connectivity index (χ0) is 7.90. The van der Waals surface area contributed by atoms with Crippen molar-refractivity contribution in [1.29, 1.82) is 0 Å². The number of hydrogen-bond donors (Lipinski definition) is 2. The number of hydrogen-bond acceptors (Lipinski definition) is 3. The Morgan fingerprint density at radius 2 is 2.55 bits per heavy atom. The van der Waals surface area contributed by atoms with E-state index in [0.717, 1.165) is 31.0 Å². The Kier molecular flexibility index (Phi) is 1.20. The molecule has 0 aliphatic carbocycles. The highest BCUT2D eigenvalue weighted by Gasteiger charge is 2.36. The Morgan fingerprint density at radius 1 is 1.73 bits per heavy atom. The van der Waals surface area contributed by atoms with Gasteiger partial charge in [-0.1, -0.05) is 5.10 Å². The molecule has 0 radical (unpaired) electrons. The van der Waals surface area contributed by atoms with E-state index < -0.39 is 0 Å². The van der Waals surface area contributed by atoms with Crippen LogP contribution >= 0.6 is 0 Å². The lowest BCUT2D eigenvalue weighted by Gasteiger charge is -2.30. The van der Waals surface area contributed by atoms with E-state index in [4.69, 9.17) is 5.73 Å². The molecule has 2 rings (SSSR count). The Hall–Kier alpha value is -1.03. The van der Waals surface area contributed by atoms with Crippen LogP contribution in [-0.2, 0) is 0 Å². The second-order valence-corrected chi connectivity index (χ2v) is 3.19. The lowest BCUT2D eigenvalue weighted by Crippen LogP contribution is -2.48. The van der Waals surface area contributed by atoms with E-state index >= 15 is 0 Å². The van der Waals surface area contributed by atoms with E-state index in [2.05, 4.69) is 17.5 Å². The van der Waals surface area contributed by atoms with Gasteiger partial charge in [-0.2, -0.15) is 4.59 Å². The summed E-state index contributed by atoms with van der Waals surface area (Å²) in [4.78, 5) is 0. The van der Waals surface area contributed by atoms with Crippen molar-refractivity contribution in [2.24, 2.45) is 10.8 Å². The molecular formula is C7H13N4+. The van der Waals surface area contributed by atoms with Gasteiger partial charge in [-0.3, -0.25) is 0 Å². The standard InChI is InChI=1S/C7H13N4/c1-11-4-2-3-9-7(11)6(8)5-10-11/h5,9H,2-4,8H2,1H3/q+1. The van der Waals surface area contributed by atoms with Gasteiger partial charge in [-0.25, -0.2) is 0 Å². The molecule has 0 aromatic heterocycles. The first-order valence-electron chi connectivity index (χ1n) is 3.88. The molecule has 2 aliphatic rings. The Balaban J connectivity index is 2.37. The topological polar surface area (TPSA) is 50.4 Å². The highest BCUT2D eigenvalue weighted by Crippen LogP contribution is 2.23. The number of nitrogens with two attached hydrogens (primary N) is 1. The summed E-state index contributed by atoms with van der Waals surface area (Å²) in [6, 6.07) is 0. The second kappa shape index (κ2) is 1.98. The highest BCUT2D eigenvalue weighted by atomic mass is 15.7. The summed E-state index contributed by atoms with van der Waals surface area (Å²) in [5.74, 6) is 1.07. The molecule has 0 bridgehead atoms. The van der Waals surface area contributed by atoms with E-state index in [0.29, 0.717) is 4.59 Å². The summed E-state index contributed by atoms with van der Waals surface area (Å²) in [6.07, 6.45) is 2.90. The van der Waals surface area contributed by atoms with Gasteiger partial charge in [-0.15, -0.1) is 0 Å². The van der Waals surface area contributed by atoms with Crippen molar-refractivity contribution in [3.63, 3.8) is 0 Å². The third kappa shape index (κ3) is 0.826. The molecule has 1 fully saturated rings. The number of allylic oxidation sites excluding steroid dienone is 1. The summed E-state index contributed by atoms with van der Waals surface area (Å²) >= 11 is 0. The third-order valence-corrected chi connectivity index (χ3v) is 2.27. The maximum atomic E-state index is 5.73. The van der Waals surface area contributed by atoms with E-state index in [1.165, 1.54) is 0 Å². The smallest absolute Gasteiger partial charge is 0.253 e. The maximum absolute atomic E-state index is 5.73. The second-order valence-electron chi connectivity index (χ2n) is 3.19. The zero-order valence-electron chi connectivity index (χ0n) is 6.67. The molecule has 2 aliphatic heterocycles. The molecule has 0 aromatic carbocycles. The molecule has 0 saturated carbocycles. The van der Waals surface area contributed by atoms with E-state index in [9.17, 15) is 0 Å². The minimum absolute atomic E-state index is 0.617. The molecule has 1 saturated heterocycles. The largest absolute Gasteiger partial charge is 0.391 e. The molecule has 4 nitrogen and oxygen atoms in total. The van der Waals surface area contributed by atoms with Crippen LogP contribution in [0.25, 0.3) is 0 Å². The lowest BCUT2D eigenvalue weighted by atomic mass is 10.3. The highest BCUT2D eigenvalue weighted by molar-refractivity contribution is 5.78. The summed E-state index contributed by atoms with van der Waals surface area (Å²) in [5.41, 5.74) is 6.51. The number of fused-ring (bicyclic) bond motifs is 1. The van der Waals surface area contributed by atoms with Crippen LogP contribution in [-0.4, -0.2) is 30.9 Å². The fourth-order valence-corrected chi connectivity index (χ4v) is 1.62. The van der Waals surface area contributed by atoms with Gasteiger partial charge in [0.05, 0.1) is 7.05 Å². The fourth-order valence-electron chi connectivity index (χ4n) is 1.62. The molecule has 0 amide bonds. The predicted octanol–water partition coefficient (Wildman–Crippen LogP) is -0.446. The summed E-state index contributed by atoms with van der Waals surface area (Å²) in [6.45, 7) is 2.08. The molecule has 4 heteroatoms. The van der Waals surface area contributed by atoms with Gasteiger partial charge in [0.25, 0.3) is 5.82 Å². The van der Waals surface area contributed by atoms with Gasteiger partial charge in [0.1, 0.15) is 18.5 Å². The van der Waals surface area contributed by atoms with Crippen molar-refractivity contribution < 1.29 is 4.59 Å². The van der Waals surface area contributed by atoms with Gasteiger partial charge < -0.3 is 11.1 Å². The van der Waals surface area contributed by atoms with Crippen molar-refractivity contribution in [2.45, 2.75) is 6.42 Å². The van der Waals surface area contributed by atoms with E-state index in [1.807, 2.05) is 0 Å². The summed E-state index contributed by atoms with van der Waals surface area (Å²) < 4.78 is 0.617. The third-order valence-electron chi connectivity index (χ3n) is 2.27. The number of nitrogens with one attached hydrogen (secondary N) is 1. The summed E-state index contributed by atoms with van der Waals surface area (Å²) in [5, 5.41) is 7.59. The van der Waals surface area contributed by atoms with Gasteiger partial charge in [-0.05, 0) is 0 Å². The number of nitrogens with zero attached hydrogens (tertiary/aromatic N) is 2. The van der Waals surface area contributed by atoms with Crippen LogP contribution in [0.1, 0.15) is 6.42 Å². The van der Waals surface area contributed by atoms with Crippen LogP contribution in [0.5, 0.6) is 0 Å². The normalized spacial score (nSPS) is 35.4. The van der Waals surface area contributed by atoms with Gasteiger partial charge in [0, 0.05) is 13.0 Å². The molecule has 11 heavy (non-hydrogen) atoms. The van der Waals surface area contributed by atoms with Crippen LogP contribution in [0, 0.1) is 0 Å². The minimum atomic E-state index is 0.617. The van der Waals surface area contributed by atoms with Crippen molar-refractivity contribution >= 4 is 6.21 Å². The van der Waals surface area contributed by atoms with Crippen LogP contribution in [0.3, 0.4) is 0 Å². The number of rotatable bonds is 0. The van der Waals surface area contributed by atoms with Crippen LogP contribution < -0.4 is 11.1 Å². The summed E-state index contributed by atoms with van der Waals surface area (Å²) in [7, 11) is 2.07. The molecule has 2 heterocycles. The average molecular weight is 153 g/mol. The predicted molar refractivity (Wildman–Crippen MR) is 43.4 cm³/mol. The molecule has 3 N–H and O–H groups in total. The monoisotopic (exact) mass is 153 g/mol. The number of quaternary nitrogens is 1. The Labute approximate surface area is 66.0 Å². The van der Waals surface area contributed by atoms with E-state index in [-0.39, 0.29) is 0 Å². The SMILES string of the molecule is C[N+]12CCCNC1=C(N)C=N2. The molecule has 60 valence electrons. The van der Waals surface area contributed by atoms with Crippen LogP contribution in [0.15, 0.2) is 16.6 Å². The zero-order valence-corrected chi connectivity index (χ0v) is 6.67. The van der Waals surface area contributed by atoms with Crippen LogP contribution in [0.2, 0.25) is 0 Å². The molecule has 0 spiro atoms. The van der Waals surface area contributed by atoms with E-state index in [1.54, 1.807) is 6.21 Å². The fraction of sp³-hybridized carbons (Fsp3) is 0.571. The minimum Gasteiger partial charge on any atom is -0.391 e. The molecule has 1 atom stereocenters. The maximum Gasteiger partial charge on any atom is 0.253 e. The first-order chi connectivity index (χ1) is 5.22. The van der Waals surface area contributed by atoms with Gasteiger partial charge in [0.15, 0.2) is 0 Å². The molecular weight excluding hydrogens is 140 g/mol. The van der Waals surface area contributed by atoms with Crippen molar-refractivity contribution in [3.8, 4) is 0 Å². The van der Waals surface area contributed by atoms with Crippen molar-refractivity contribution in [3.05, 3.63) is 11.5 Å². The lowest BCUT2D eigenvalue weighted by molar-refractivity contribution is -0.883. The van der Waals surface area contributed by atoms with Crippen LogP contribution in [0.4, 0.5) is 0 Å². The van der Waals surface area contributed by atoms with Crippen molar-refractivity contribution in [1.82, 2.24) is 5.32 Å². The first-order valence-corrected chi connectivity index (χ1v) is 3.88. The van der Waals surface area contributed by atoms with Gasteiger partial charge >= 0.3 is 0 Å². The quantitative estimate of drug-likeness (QED) is 0.463. The first kappa shape index (κ1) is 6.67.